The van der Waals surface area contributed by atoms with Crippen LogP contribution in [0, 0.1) is 41.7 Å². The molecule has 0 bridgehead atoms. The van der Waals surface area contributed by atoms with Gasteiger partial charge in [-0.25, -0.2) is 9.97 Å². The second-order valence-electron chi connectivity index (χ2n) is 11.6. The van der Waals surface area contributed by atoms with E-state index >= 15 is 0 Å². The van der Waals surface area contributed by atoms with Crippen LogP contribution in [0.25, 0.3) is 0 Å². The third-order valence-electron chi connectivity index (χ3n) is 6.67. The van der Waals surface area contributed by atoms with Gasteiger partial charge in [0.05, 0.1) is 39.6 Å². The van der Waals surface area contributed by atoms with Crippen LogP contribution in [-0.4, -0.2) is 62.2 Å². The van der Waals surface area contributed by atoms with Gasteiger partial charge in [-0.2, -0.15) is 0 Å². The molecule has 0 amide bonds. The smallest absolute Gasteiger partial charge is 0.162 e. The van der Waals surface area contributed by atoms with Crippen molar-refractivity contribution >= 4 is 35.2 Å². The summed E-state index contributed by atoms with van der Waals surface area (Å²) in [6.45, 7) is 16.6. The number of benzene rings is 2. The van der Waals surface area contributed by atoms with Gasteiger partial charge in [0.15, 0.2) is 52.8 Å². The first-order chi connectivity index (χ1) is 25.3. The highest BCUT2D eigenvalue weighted by Gasteiger charge is 2.13. The van der Waals surface area contributed by atoms with Gasteiger partial charge in [0.1, 0.15) is 3.70 Å². The zero-order chi connectivity index (χ0) is 39.5. The predicted octanol–water partition coefficient (Wildman–Crippen LogP) is 8.47. The summed E-state index contributed by atoms with van der Waals surface area (Å²) in [5, 5.41) is 0. The summed E-state index contributed by atoms with van der Waals surface area (Å²) in [4.78, 5) is 31.0. The monoisotopic (exact) mass is 834 g/mol. The molecular formula is C42H47IN2O8. The number of rotatable bonds is 12. The number of aryl methyl sites for hydroxylation is 2. The first-order valence-corrected chi connectivity index (χ1v) is 17.9. The summed E-state index contributed by atoms with van der Waals surface area (Å²) in [7, 11) is 3.08. The van der Waals surface area contributed by atoms with Crippen LogP contribution >= 0.6 is 22.6 Å². The Kier molecular flexibility index (Phi) is 18.7. The van der Waals surface area contributed by atoms with Crippen LogP contribution in [0.1, 0.15) is 90.5 Å². The number of nitrogens with zero attached hydrogens (tertiary/aromatic N) is 2. The van der Waals surface area contributed by atoms with E-state index < -0.39 is 0 Å². The number of terminal acetylenes is 1. The summed E-state index contributed by atoms with van der Waals surface area (Å²) in [5.41, 5.74) is 4.30. The van der Waals surface area contributed by atoms with Crippen LogP contribution in [0.15, 0.2) is 48.5 Å². The molecule has 11 heteroatoms. The standard InChI is InChI=1S/C21H23NO4.C13H14O3.C8H10INO/c1-6-25-19-10-7-15(4)22-18(19)9-8-16-11-20(24-5)21(26-14(2)3)12-17(16)13-23;1-5-10-6-12(15-4)13(16-9(2)3)7-11(10)8-14;1-3-11-7-5-4-6(2)10-8(7)9/h7,10-14H,6H2,1-5H3;1,6-9H,2-4H3;4-5H,3H2,1-2H3. The maximum absolute atomic E-state index is 11.5. The highest BCUT2D eigenvalue weighted by Crippen LogP contribution is 2.32. The minimum absolute atomic E-state index is 0.00471. The molecule has 0 saturated heterocycles. The van der Waals surface area contributed by atoms with Crippen molar-refractivity contribution in [3.8, 4) is 58.7 Å². The van der Waals surface area contributed by atoms with Gasteiger partial charge in [0.2, 0.25) is 0 Å². The Morgan fingerprint density at radius 2 is 1.15 bits per heavy atom. The molecule has 2 aromatic carbocycles. The lowest BCUT2D eigenvalue weighted by molar-refractivity contribution is 0.111. The lowest BCUT2D eigenvalue weighted by atomic mass is 10.1. The zero-order valence-corrected chi connectivity index (χ0v) is 34.1. The summed E-state index contributed by atoms with van der Waals surface area (Å²) in [6, 6.07) is 14.2. The number of halogens is 1. The van der Waals surface area contributed by atoms with Gasteiger partial charge in [-0.05, 0) is 120 Å². The number of hydrogen-bond acceptors (Lipinski definition) is 10. The van der Waals surface area contributed by atoms with E-state index in [0.717, 1.165) is 27.1 Å². The van der Waals surface area contributed by atoms with E-state index in [1.54, 1.807) is 31.4 Å². The fraction of sp³-hybridized carbons (Fsp3) is 0.333. The maximum Gasteiger partial charge on any atom is 0.162 e. The fourth-order valence-corrected chi connectivity index (χ4v) is 5.11. The molecule has 53 heavy (non-hydrogen) atoms. The average Bonchev–Trinajstić information content (AvgIpc) is 3.13. The maximum atomic E-state index is 11.5. The van der Waals surface area contributed by atoms with Crippen molar-refractivity contribution in [1.29, 1.82) is 0 Å². The highest BCUT2D eigenvalue weighted by atomic mass is 127. The van der Waals surface area contributed by atoms with E-state index in [4.69, 9.17) is 34.8 Å². The SMILES string of the molecule is C#Cc1cc(OC)c(OC(C)C)cc1C=O.CCOc1ccc(C)nc1C#Cc1cc(OC)c(OC(C)C)cc1C=O.CCOc1ccc(C)nc1I. The molecule has 0 saturated carbocycles. The van der Waals surface area contributed by atoms with E-state index in [2.05, 4.69) is 50.3 Å². The Hall–Kier alpha value is -5.27. The first-order valence-electron chi connectivity index (χ1n) is 16.9. The molecule has 2 heterocycles. The summed E-state index contributed by atoms with van der Waals surface area (Å²) >= 11 is 2.17. The molecule has 0 aliphatic rings. The van der Waals surface area contributed by atoms with Crippen LogP contribution in [0.3, 0.4) is 0 Å². The van der Waals surface area contributed by atoms with Gasteiger partial charge in [0.25, 0.3) is 0 Å². The minimum Gasteiger partial charge on any atom is -0.493 e. The van der Waals surface area contributed by atoms with Crippen LogP contribution in [0.4, 0.5) is 0 Å². The molecule has 4 rings (SSSR count). The van der Waals surface area contributed by atoms with Crippen molar-refractivity contribution in [3.05, 3.63) is 91.6 Å². The minimum atomic E-state index is -0.0365. The third-order valence-corrected chi connectivity index (χ3v) is 7.45. The van der Waals surface area contributed by atoms with E-state index in [1.807, 2.05) is 79.7 Å². The van der Waals surface area contributed by atoms with E-state index in [-0.39, 0.29) is 12.2 Å². The number of aromatic nitrogens is 2. The molecule has 0 unspecified atom stereocenters. The quantitative estimate of drug-likeness (QED) is 0.0596. The van der Waals surface area contributed by atoms with E-state index in [9.17, 15) is 9.59 Å². The number of hydrogen-bond donors (Lipinski definition) is 0. The van der Waals surface area contributed by atoms with Crippen molar-refractivity contribution in [2.45, 2.75) is 67.6 Å². The van der Waals surface area contributed by atoms with Gasteiger partial charge in [-0.1, -0.05) is 11.8 Å². The molecule has 0 fully saturated rings. The molecule has 0 spiro atoms. The molecule has 0 atom stereocenters. The largest absolute Gasteiger partial charge is 0.493 e. The first kappa shape index (κ1) is 43.9. The molecule has 2 aromatic heterocycles. The van der Waals surface area contributed by atoms with Gasteiger partial charge < -0.3 is 28.4 Å². The number of pyridine rings is 2. The Morgan fingerprint density at radius 1 is 0.679 bits per heavy atom. The number of carbonyl (C=O) groups excluding carboxylic acids is 2. The second kappa shape index (κ2) is 22.6. The Bertz CT molecular complexity index is 1940. The Balaban J connectivity index is 0.000000305. The molecular weight excluding hydrogens is 787 g/mol. The summed E-state index contributed by atoms with van der Waals surface area (Å²) in [6.07, 6.45) is 6.73. The van der Waals surface area contributed by atoms with Crippen LogP contribution in [-0.2, 0) is 0 Å². The average molecular weight is 835 g/mol. The number of ether oxygens (including phenoxy) is 6. The van der Waals surface area contributed by atoms with Crippen molar-refractivity contribution in [2.75, 3.05) is 27.4 Å². The Labute approximate surface area is 327 Å². The van der Waals surface area contributed by atoms with E-state index in [1.165, 1.54) is 7.11 Å². The lowest BCUT2D eigenvalue weighted by Crippen LogP contribution is -2.07. The molecule has 0 radical (unpaired) electrons. The van der Waals surface area contributed by atoms with Crippen LogP contribution in [0.2, 0.25) is 0 Å². The van der Waals surface area contributed by atoms with E-state index in [0.29, 0.717) is 76.2 Å². The van der Waals surface area contributed by atoms with Crippen LogP contribution < -0.4 is 28.4 Å². The lowest BCUT2D eigenvalue weighted by Gasteiger charge is -2.14. The second-order valence-corrected chi connectivity index (χ2v) is 12.6. The highest BCUT2D eigenvalue weighted by molar-refractivity contribution is 14.1. The van der Waals surface area contributed by atoms with Crippen molar-refractivity contribution < 1.29 is 38.0 Å². The molecule has 280 valence electrons. The Morgan fingerprint density at radius 3 is 1.60 bits per heavy atom. The number of aldehydes is 2. The van der Waals surface area contributed by atoms with Crippen molar-refractivity contribution in [2.24, 2.45) is 0 Å². The summed E-state index contributed by atoms with van der Waals surface area (Å²) in [5.74, 6) is 12.0. The topological polar surface area (TPSA) is 115 Å². The van der Waals surface area contributed by atoms with Gasteiger partial charge in [-0.15, -0.1) is 6.42 Å². The summed E-state index contributed by atoms with van der Waals surface area (Å²) < 4.78 is 33.6. The van der Waals surface area contributed by atoms with Gasteiger partial charge in [0, 0.05) is 45.8 Å². The van der Waals surface area contributed by atoms with Crippen LogP contribution in [0.5, 0.6) is 34.5 Å². The van der Waals surface area contributed by atoms with Crippen molar-refractivity contribution in [1.82, 2.24) is 9.97 Å². The van der Waals surface area contributed by atoms with Gasteiger partial charge in [-0.3, -0.25) is 9.59 Å². The zero-order valence-electron chi connectivity index (χ0n) is 32.0. The molecule has 0 aliphatic carbocycles. The van der Waals surface area contributed by atoms with Crippen molar-refractivity contribution in [3.63, 3.8) is 0 Å². The van der Waals surface area contributed by atoms with Gasteiger partial charge >= 0.3 is 0 Å². The molecule has 4 aromatic rings. The fourth-order valence-electron chi connectivity index (χ4n) is 4.40. The number of carbonyl (C=O) groups is 2. The molecule has 0 aliphatic heterocycles. The number of methoxy groups -OCH3 is 2. The molecule has 0 N–H and O–H groups in total. The third kappa shape index (κ3) is 14.0. The predicted molar refractivity (Wildman–Crippen MR) is 215 cm³/mol. The molecule has 10 nitrogen and oxygen atoms in total. The normalized spacial score (nSPS) is 9.89.